The second-order valence-electron chi connectivity index (χ2n) is 2.31. The van der Waals surface area contributed by atoms with Crippen LogP contribution >= 0.6 is 0 Å². The molecule has 0 aliphatic carbocycles. The Morgan fingerprint density at radius 2 is 1.73 bits per heavy atom. The van der Waals surface area contributed by atoms with Crippen LogP contribution in [-0.2, 0) is 4.79 Å². The molecule has 0 radical (unpaired) electrons. The van der Waals surface area contributed by atoms with E-state index in [2.05, 4.69) is 0 Å². The van der Waals surface area contributed by atoms with Gasteiger partial charge in [-0.05, 0) is 6.42 Å². The third kappa shape index (κ3) is 7.24. The highest BCUT2D eigenvalue weighted by molar-refractivity contribution is 5.67. The molecule has 0 spiro atoms. The molecule has 0 bridgehead atoms. The van der Waals surface area contributed by atoms with Crippen molar-refractivity contribution in [1.82, 2.24) is 0 Å². The van der Waals surface area contributed by atoms with Gasteiger partial charge in [0, 0.05) is 6.42 Å². The van der Waals surface area contributed by atoms with Gasteiger partial charge in [0.25, 0.3) is 0 Å². The first-order valence-electron chi connectivity index (χ1n) is 3.28. The molecule has 0 aliphatic rings. The molecule has 66 valence electrons. The van der Waals surface area contributed by atoms with Gasteiger partial charge in [-0.25, -0.2) is 0 Å². The summed E-state index contributed by atoms with van der Waals surface area (Å²) in [7, 11) is 0. The Hall–Kier alpha value is -0.650. The average Bonchev–Trinajstić information content (AvgIpc) is 1.82. The summed E-state index contributed by atoms with van der Waals surface area (Å²) >= 11 is 0. The highest BCUT2D eigenvalue weighted by Gasteiger charge is 2.10. The van der Waals surface area contributed by atoms with Gasteiger partial charge in [-0.2, -0.15) is 0 Å². The normalized spacial score (nSPS) is 13.5. The third-order valence-electron chi connectivity index (χ3n) is 1.17. The Kier molecular flexibility index (Phi) is 4.76. The predicted octanol–water partition coefficient (Wildman–Crippen LogP) is -1.09. The second kappa shape index (κ2) is 5.06. The number of hydrogen-bond donors (Lipinski definition) is 4. The van der Waals surface area contributed by atoms with E-state index in [9.17, 15) is 4.79 Å². The van der Waals surface area contributed by atoms with Gasteiger partial charge in [0.2, 0.25) is 0 Å². The average molecular weight is 164 g/mol. The van der Waals surface area contributed by atoms with Crippen molar-refractivity contribution in [3.05, 3.63) is 0 Å². The van der Waals surface area contributed by atoms with Crippen LogP contribution in [0.5, 0.6) is 0 Å². The van der Waals surface area contributed by atoms with E-state index < -0.39 is 18.4 Å². The summed E-state index contributed by atoms with van der Waals surface area (Å²) in [6.45, 7) is 0. The topological polar surface area (TPSA) is 98.0 Å². The zero-order valence-electron chi connectivity index (χ0n) is 5.97. The van der Waals surface area contributed by atoms with Crippen molar-refractivity contribution in [3.8, 4) is 0 Å². The Balaban J connectivity index is 3.37. The zero-order chi connectivity index (χ0) is 8.85. The van der Waals surface area contributed by atoms with Crippen LogP contribution in [0.25, 0.3) is 0 Å². The fourth-order valence-electron chi connectivity index (χ4n) is 0.645. The van der Waals surface area contributed by atoms with Crippen molar-refractivity contribution in [2.75, 3.05) is 0 Å². The zero-order valence-corrected chi connectivity index (χ0v) is 5.97. The summed E-state index contributed by atoms with van der Waals surface area (Å²) in [4.78, 5) is 9.97. The molecule has 0 heterocycles. The molecule has 4 N–H and O–H groups in total. The molecular formula is C6H12O5. The number of rotatable bonds is 5. The first kappa shape index (κ1) is 10.3. The lowest BCUT2D eigenvalue weighted by Crippen LogP contribution is -2.16. The molecule has 0 aromatic heterocycles. The van der Waals surface area contributed by atoms with Crippen LogP contribution in [-0.4, -0.2) is 38.8 Å². The molecule has 0 saturated heterocycles. The second-order valence-corrected chi connectivity index (χ2v) is 2.31. The Morgan fingerprint density at radius 1 is 1.18 bits per heavy atom. The summed E-state index contributed by atoms with van der Waals surface area (Å²) in [5, 5.41) is 33.7. The first-order valence-corrected chi connectivity index (χ1v) is 3.28. The molecule has 0 unspecified atom stereocenters. The van der Waals surface area contributed by atoms with E-state index in [1.54, 1.807) is 0 Å². The van der Waals surface area contributed by atoms with Crippen LogP contribution in [0.15, 0.2) is 0 Å². The van der Waals surface area contributed by atoms with Gasteiger partial charge in [0.1, 0.15) is 0 Å². The van der Waals surface area contributed by atoms with Crippen molar-refractivity contribution in [3.63, 3.8) is 0 Å². The Morgan fingerprint density at radius 3 is 2.09 bits per heavy atom. The minimum Gasteiger partial charge on any atom is -0.481 e. The summed E-state index contributed by atoms with van der Waals surface area (Å²) < 4.78 is 0. The van der Waals surface area contributed by atoms with Gasteiger partial charge in [0.05, 0.1) is 12.5 Å². The van der Waals surface area contributed by atoms with E-state index in [-0.39, 0.29) is 19.3 Å². The van der Waals surface area contributed by atoms with Crippen molar-refractivity contribution < 1.29 is 25.2 Å². The molecule has 0 fully saturated rings. The monoisotopic (exact) mass is 164 g/mol. The van der Waals surface area contributed by atoms with E-state index in [1.807, 2.05) is 0 Å². The molecule has 5 nitrogen and oxygen atoms in total. The maximum atomic E-state index is 9.97. The number of hydrogen-bond acceptors (Lipinski definition) is 4. The molecule has 0 saturated carbocycles. The number of aliphatic hydroxyl groups excluding tert-OH is 2. The fourth-order valence-corrected chi connectivity index (χ4v) is 0.645. The minimum atomic E-state index is -1.47. The Labute approximate surface area is 63.9 Å². The van der Waals surface area contributed by atoms with E-state index in [0.29, 0.717) is 0 Å². The number of carbonyl (C=O) groups is 1. The summed E-state index contributed by atoms with van der Waals surface area (Å²) in [5.74, 6) is -1.09. The minimum absolute atomic E-state index is 0.00551. The van der Waals surface area contributed by atoms with Crippen molar-refractivity contribution in [2.45, 2.75) is 31.7 Å². The van der Waals surface area contributed by atoms with Crippen LogP contribution in [0.3, 0.4) is 0 Å². The lowest BCUT2D eigenvalue weighted by atomic mass is 10.1. The fraction of sp³-hybridized carbons (Fsp3) is 0.833. The lowest BCUT2D eigenvalue weighted by molar-refractivity contribution is -0.139. The molecule has 0 amide bonds. The maximum Gasteiger partial charge on any atom is 0.305 e. The van der Waals surface area contributed by atoms with Gasteiger partial charge in [-0.3, -0.25) is 4.79 Å². The van der Waals surface area contributed by atoms with E-state index >= 15 is 0 Å². The van der Waals surface area contributed by atoms with Crippen LogP contribution in [0.1, 0.15) is 19.3 Å². The van der Waals surface area contributed by atoms with Gasteiger partial charge < -0.3 is 20.4 Å². The summed E-state index contributed by atoms with van der Waals surface area (Å²) in [6, 6.07) is 0. The largest absolute Gasteiger partial charge is 0.481 e. The molecule has 1 atom stereocenters. The third-order valence-corrected chi connectivity index (χ3v) is 1.17. The molecular weight excluding hydrogens is 152 g/mol. The summed E-state index contributed by atoms with van der Waals surface area (Å²) in [5.41, 5.74) is 0. The van der Waals surface area contributed by atoms with Gasteiger partial charge in [-0.15, -0.1) is 0 Å². The molecule has 0 aromatic rings. The summed E-state index contributed by atoms with van der Waals surface area (Å²) in [6.07, 6.45) is -2.74. The Bertz CT molecular complexity index is 122. The molecule has 0 aliphatic heterocycles. The molecule has 0 aromatic carbocycles. The van der Waals surface area contributed by atoms with Crippen molar-refractivity contribution in [1.29, 1.82) is 0 Å². The molecule has 0 rings (SSSR count). The number of carboxylic acids is 1. The number of carboxylic acid groups (broad SMARTS) is 1. The van der Waals surface area contributed by atoms with E-state index in [1.165, 1.54) is 0 Å². The van der Waals surface area contributed by atoms with Crippen LogP contribution in [0.4, 0.5) is 0 Å². The number of aliphatic hydroxyl groups is 3. The standard InChI is InChI=1S/C6H12O5/c7-4(3-6(10)11)1-2-5(8)9/h4-5,7-9H,1-3H2,(H,10,11)/t4-/m0/s1. The highest BCUT2D eigenvalue weighted by Crippen LogP contribution is 2.03. The van der Waals surface area contributed by atoms with E-state index in [4.69, 9.17) is 20.4 Å². The van der Waals surface area contributed by atoms with Crippen molar-refractivity contribution in [2.24, 2.45) is 0 Å². The quantitative estimate of drug-likeness (QED) is 0.387. The van der Waals surface area contributed by atoms with Gasteiger partial charge in [0.15, 0.2) is 6.29 Å². The molecule has 11 heavy (non-hydrogen) atoms. The first-order chi connectivity index (χ1) is 5.02. The van der Waals surface area contributed by atoms with Crippen LogP contribution in [0.2, 0.25) is 0 Å². The van der Waals surface area contributed by atoms with Crippen molar-refractivity contribution >= 4 is 5.97 Å². The maximum absolute atomic E-state index is 9.97. The number of aliphatic carboxylic acids is 1. The highest BCUT2D eigenvalue weighted by atomic mass is 16.5. The van der Waals surface area contributed by atoms with Crippen LogP contribution in [0, 0.1) is 0 Å². The van der Waals surface area contributed by atoms with Gasteiger partial charge in [-0.1, -0.05) is 0 Å². The SMILES string of the molecule is O=C(O)C[C@@H](O)CCC(O)O. The van der Waals surface area contributed by atoms with E-state index in [0.717, 1.165) is 0 Å². The lowest BCUT2D eigenvalue weighted by Gasteiger charge is -2.07. The molecule has 5 heteroatoms. The smallest absolute Gasteiger partial charge is 0.305 e. The van der Waals surface area contributed by atoms with Crippen LogP contribution < -0.4 is 0 Å². The van der Waals surface area contributed by atoms with Gasteiger partial charge >= 0.3 is 5.97 Å². The predicted molar refractivity (Wildman–Crippen MR) is 35.7 cm³/mol.